The van der Waals surface area contributed by atoms with Crippen LogP contribution in [0.4, 0.5) is 4.39 Å². The van der Waals surface area contributed by atoms with E-state index in [1.54, 1.807) is 17.0 Å². The third kappa shape index (κ3) is 5.97. The lowest BCUT2D eigenvalue weighted by Gasteiger charge is -2.26. The largest absolute Gasteiger partial charge is 0.350 e. The van der Waals surface area contributed by atoms with Crippen LogP contribution in [-0.4, -0.2) is 36.3 Å². The zero-order valence-corrected chi connectivity index (χ0v) is 15.4. The predicted molar refractivity (Wildman–Crippen MR) is 97.6 cm³/mol. The first kappa shape index (κ1) is 21.4. The Balaban J connectivity index is 0.00000312. The molecule has 0 spiro atoms. The summed E-state index contributed by atoms with van der Waals surface area (Å²) in [7, 11) is 0. The molecule has 1 fully saturated rings. The number of carbonyl (C=O) groups is 2. The van der Waals surface area contributed by atoms with Crippen LogP contribution in [0.25, 0.3) is 0 Å². The third-order valence-electron chi connectivity index (χ3n) is 4.71. The number of benzene rings is 1. The van der Waals surface area contributed by atoms with Gasteiger partial charge in [-0.1, -0.05) is 18.6 Å². The first-order valence-corrected chi connectivity index (χ1v) is 8.55. The SMILES string of the molecule is CCN(CC(=O)NCc1ccc(F)cc1)C(=O)[C@@H]1CCC[C@@H]1CN.Cl. The Morgan fingerprint density at radius 1 is 1.28 bits per heavy atom. The van der Waals surface area contributed by atoms with Gasteiger partial charge in [-0.2, -0.15) is 0 Å². The molecule has 1 saturated carbocycles. The molecule has 2 amide bonds. The minimum Gasteiger partial charge on any atom is -0.350 e. The Labute approximate surface area is 154 Å². The predicted octanol–water partition coefficient (Wildman–Crippen LogP) is 2.09. The fourth-order valence-electron chi connectivity index (χ4n) is 3.26. The van der Waals surface area contributed by atoms with Gasteiger partial charge in [-0.3, -0.25) is 9.59 Å². The van der Waals surface area contributed by atoms with Crippen LogP contribution in [-0.2, 0) is 16.1 Å². The fraction of sp³-hybridized carbons (Fsp3) is 0.556. The highest BCUT2D eigenvalue weighted by molar-refractivity contribution is 5.86. The second-order valence-corrected chi connectivity index (χ2v) is 6.29. The number of nitrogens with two attached hydrogens (primary N) is 1. The number of carbonyl (C=O) groups excluding carboxylic acids is 2. The van der Waals surface area contributed by atoms with Crippen LogP contribution in [0.1, 0.15) is 31.7 Å². The Morgan fingerprint density at radius 3 is 2.56 bits per heavy atom. The van der Waals surface area contributed by atoms with Crippen LogP contribution in [0, 0.1) is 17.7 Å². The maximum absolute atomic E-state index is 12.9. The normalized spacial score (nSPS) is 19.2. The van der Waals surface area contributed by atoms with Gasteiger partial charge in [0.25, 0.3) is 0 Å². The van der Waals surface area contributed by atoms with Crippen LogP contribution in [0.5, 0.6) is 0 Å². The standard InChI is InChI=1S/C18H26FN3O2.ClH/c1-2-22(18(24)16-5-3-4-14(16)10-20)12-17(23)21-11-13-6-8-15(19)9-7-13;/h6-9,14,16H,2-5,10-12,20H2,1H3,(H,21,23);1H/t14-,16-;/m1./s1. The Bertz CT molecular complexity index is 568. The monoisotopic (exact) mass is 371 g/mol. The number of nitrogens with one attached hydrogen (secondary N) is 1. The van der Waals surface area contributed by atoms with Crippen molar-refractivity contribution in [3.05, 3.63) is 35.6 Å². The summed E-state index contributed by atoms with van der Waals surface area (Å²) < 4.78 is 12.9. The van der Waals surface area contributed by atoms with Crippen molar-refractivity contribution in [3.63, 3.8) is 0 Å². The van der Waals surface area contributed by atoms with E-state index in [-0.39, 0.29) is 48.4 Å². The second-order valence-electron chi connectivity index (χ2n) is 6.29. The summed E-state index contributed by atoms with van der Waals surface area (Å²) in [6, 6.07) is 5.97. The van der Waals surface area contributed by atoms with Gasteiger partial charge in [-0.25, -0.2) is 4.39 Å². The summed E-state index contributed by atoms with van der Waals surface area (Å²) >= 11 is 0. The lowest BCUT2D eigenvalue weighted by Crippen LogP contribution is -2.44. The van der Waals surface area contributed by atoms with Crippen LogP contribution in [0.15, 0.2) is 24.3 Å². The molecule has 0 aliphatic heterocycles. The average Bonchev–Trinajstić information content (AvgIpc) is 3.07. The molecule has 0 heterocycles. The van der Waals surface area contributed by atoms with E-state index in [4.69, 9.17) is 5.73 Å². The number of amides is 2. The zero-order chi connectivity index (χ0) is 17.5. The van der Waals surface area contributed by atoms with Crippen LogP contribution in [0.2, 0.25) is 0 Å². The van der Waals surface area contributed by atoms with Gasteiger partial charge in [0.1, 0.15) is 5.82 Å². The van der Waals surface area contributed by atoms with Gasteiger partial charge in [-0.05, 0) is 49.9 Å². The van der Waals surface area contributed by atoms with Crippen molar-refractivity contribution in [3.8, 4) is 0 Å². The van der Waals surface area contributed by atoms with Gasteiger partial charge in [-0.15, -0.1) is 12.4 Å². The molecule has 5 nitrogen and oxygen atoms in total. The number of nitrogens with zero attached hydrogens (tertiary/aromatic N) is 1. The molecule has 140 valence electrons. The first-order valence-electron chi connectivity index (χ1n) is 8.55. The van der Waals surface area contributed by atoms with Crippen molar-refractivity contribution in [2.75, 3.05) is 19.6 Å². The van der Waals surface area contributed by atoms with E-state index in [1.807, 2.05) is 6.92 Å². The van der Waals surface area contributed by atoms with E-state index in [0.717, 1.165) is 24.8 Å². The summed E-state index contributed by atoms with van der Waals surface area (Å²) in [5.74, 6) is -0.313. The number of hydrogen-bond donors (Lipinski definition) is 2. The highest BCUT2D eigenvalue weighted by Crippen LogP contribution is 2.32. The highest BCUT2D eigenvalue weighted by atomic mass is 35.5. The molecule has 0 saturated heterocycles. The van der Waals surface area contributed by atoms with Crippen molar-refractivity contribution in [2.45, 2.75) is 32.7 Å². The van der Waals surface area contributed by atoms with Gasteiger partial charge in [0, 0.05) is 19.0 Å². The maximum Gasteiger partial charge on any atom is 0.239 e. The summed E-state index contributed by atoms with van der Waals surface area (Å²) in [6.07, 6.45) is 2.86. The van der Waals surface area contributed by atoms with E-state index >= 15 is 0 Å². The molecule has 2 rings (SSSR count). The molecule has 0 aromatic heterocycles. The second kappa shape index (κ2) is 10.4. The van der Waals surface area contributed by atoms with Crippen LogP contribution >= 0.6 is 12.4 Å². The molecule has 7 heteroatoms. The highest BCUT2D eigenvalue weighted by Gasteiger charge is 2.34. The quantitative estimate of drug-likeness (QED) is 0.770. The fourth-order valence-corrected chi connectivity index (χ4v) is 3.26. The van der Waals surface area contributed by atoms with Gasteiger partial charge in [0.2, 0.25) is 11.8 Å². The Morgan fingerprint density at radius 2 is 1.96 bits per heavy atom. The molecule has 25 heavy (non-hydrogen) atoms. The van der Waals surface area contributed by atoms with E-state index in [2.05, 4.69) is 5.32 Å². The molecule has 1 aliphatic rings. The van der Waals surface area contributed by atoms with E-state index in [9.17, 15) is 14.0 Å². The van der Waals surface area contributed by atoms with Crippen molar-refractivity contribution < 1.29 is 14.0 Å². The molecule has 0 unspecified atom stereocenters. The summed E-state index contributed by atoms with van der Waals surface area (Å²) in [4.78, 5) is 26.4. The number of rotatable bonds is 7. The summed E-state index contributed by atoms with van der Waals surface area (Å²) in [6.45, 7) is 3.25. The molecule has 3 N–H and O–H groups in total. The lowest BCUT2D eigenvalue weighted by atomic mass is 9.94. The maximum atomic E-state index is 12.9. The van der Waals surface area contributed by atoms with E-state index in [1.165, 1.54) is 12.1 Å². The first-order chi connectivity index (χ1) is 11.5. The lowest BCUT2D eigenvalue weighted by molar-refractivity contribution is -0.140. The molecule has 2 atom stereocenters. The topological polar surface area (TPSA) is 75.4 Å². The van der Waals surface area contributed by atoms with E-state index < -0.39 is 0 Å². The van der Waals surface area contributed by atoms with Gasteiger partial charge in [0.05, 0.1) is 6.54 Å². The van der Waals surface area contributed by atoms with Crippen molar-refractivity contribution in [1.82, 2.24) is 10.2 Å². The molecule has 1 aromatic rings. The van der Waals surface area contributed by atoms with E-state index in [0.29, 0.717) is 19.6 Å². The Hall–Kier alpha value is -1.66. The van der Waals surface area contributed by atoms with Gasteiger partial charge >= 0.3 is 0 Å². The molecular weight excluding hydrogens is 345 g/mol. The number of likely N-dealkylation sites (N-methyl/N-ethyl adjacent to an activating group) is 1. The minimum absolute atomic E-state index is 0. The van der Waals surface area contributed by atoms with Crippen molar-refractivity contribution in [2.24, 2.45) is 17.6 Å². The summed E-state index contributed by atoms with van der Waals surface area (Å²) in [5, 5.41) is 2.77. The summed E-state index contributed by atoms with van der Waals surface area (Å²) in [5.41, 5.74) is 6.57. The average molecular weight is 372 g/mol. The molecular formula is C18H27ClFN3O2. The van der Waals surface area contributed by atoms with Gasteiger partial charge < -0.3 is 16.0 Å². The van der Waals surface area contributed by atoms with Crippen LogP contribution < -0.4 is 11.1 Å². The number of halogens is 2. The molecule has 1 aromatic carbocycles. The minimum atomic E-state index is -0.307. The smallest absolute Gasteiger partial charge is 0.239 e. The Kier molecular flexibility index (Phi) is 8.86. The number of hydrogen-bond acceptors (Lipinski definition) is 3. The third-order valence-corrected chi connectivity index (χ3v) is 4.71. The molecule has 0 radical (unpaired) electrons. The molecule has 0 bridgehead atoms. The molecule has 1 aliphatic carbocycles. The van der Waals surface area contributed by atoms with Crippen molar-refractivity contribution >= 4 is 24.2 Å². The van der Waals surface area contributed by atoms with Gasteiger partial charge in [0.15, 0.2) is 0 Å². The van der Waals surface area contributed by atoms with Crippen molar-refractivity contribution in [1.29, 1.82) is 0 Å². The zero-order valence-electron chi connectivity index (χ0n) is 14.5. The van der Waals surface area contributed by atoms with Crippen LogP contribution in [0.3, 0.4) is 0 Å².